The monoisotopic (exact) mass is 297 g/mol. The van der Waals surface area contributed by atoms with Crippen LogP contribution in [0.1, 0.15) is 17.7 Å². The van der Waals surface area contributed by atoms with Crippen molar-refractivity contribution >= 4 is 25.4 Å². The molecule has 1 rings (SSSR count). The zero-order valence-electron chi connectivity index (χ0n) is 8.17. The Morgan fingerprint density at radius 1 is 1.56 bits per heavy atom. The molecule has 0 spiro atoms. The van der Waals surface area contributed by atoms with Crippen molar-refractivity contribution in [1.29, 1.82) is 5.26 Å². The summed E-state index contributed by atoms with van der Waals surface area (Å²) in [6.07, 6.45) is -3.06. The lowest BCUT2D eigenvalue weighted by Crippen LogP contribution is -2.08. The number of aromatic nitrogens is 1. The zero-order valence-corrected chi connectivity index (χ0v) is 9.74. The Morgan fingerprint density at radius 3 is 2.44 bits per heavy atom. The zero-order chi connectivity index (χ0) is 14.1. The van der Waals surface area contributed by atoms with E-state index in [0.29, 0.717) is 6.20 Å². The molecule has 0 aliphatic carbocycles. The first-order valence-electron chi connectivity index (χ1n) is 4.00. The minimum Gasteiger partial charge on any atom is -0.258 e. The van der Waals surface area contributed by atoms with Gasteiger partial charge in [0.25, 0.3) is 15.5 Å². The van der Waals surface area contributed by atoms with Gasteiger partial charge in [0.05, 0.1) is 10.5 Å². The highest BCUT2D eigenvalue weighted by Gasteiger charge is 2.35. The van der Waals surface area contributed by atoms with Crippen molar-refractivity contribution in [2.75, 3.05) is 0 Å². The summed E-state index contributed by atoms with van der Waals surface area (Å²) in [6.45, 7) is 0. The van der Waals surface area contributed by atoms with Crippen LogP contribution in [0.5, 0.6) is 0 Å². The van der Waals surface area contributed by atoms with E-state index in [-0.39, 0.29) is 0 Å². The van der Waals surface area contributed by atoms with E-state index in [2.05, 4.69) is 4.98 Å². The third-order valence-electron chi connectivity index (χ3n) is 1.81. The van der Waals surface area contributed by atoms with Gasteiger partial charge in [-0.3, -0.25) is 10.1 Å². The average molecular weight is 298 g/mol. The molecule has 96 valence electrons. The van der Waals surface area contributed by atoms with E-state index in [1.807, 2.05) is 0 Å². The van der Waals surface area contributed by atoms with Crippen molar-refractivity contribution in [3.05, 3.63) is 27.6 Å². The maximum absolute atomic E-state index is 12.7. The number of hydrogen-bond donors (Lipinski definition) is 0. The molecule has 0 atom stereocenters. The van der Waals surface area contributed by atoms with Crippen LogP contribution in [-0.4, -0.2) is 18.3 Å². The molecule has 1 aromatic heterocycles. The van der Waals surface area contributed by atoms with E-state index in [9.17, 15) is 27.3 Å². The lowest BCUT2D eigenvalue weighted by molar-refractivity contribution is -0.388. The van der Waals surface area contributed by atoms with Crippen LogP contribution in [0, 0.1) is 21.4 Å². The first-order chi connectivity index (χ1) is 8.20. The predicted molar refractivity (Wildman–Crippen MR) is 53.6 cm³/mol. The summed E-state index contributed by atoms with van der Waals surface area (Å²) in [5.41, 5.74) is -3.52. The third-order valence-corrected chi connectivity index (χ3v) is 3.19. The Morgan fingerprint density at radius 2 is 2.11 bits per heavy atom. The number of rotatable bonds is 3. The Labute approximate surface area is 103 Å². The van der Waals surface area contributed by atoms with Crippen molar-refractivity contribution < 1.29 is 22.1 Å². The average Bonchev–Trinajstić information content (AvgIpc) is 2.25. The van der Waals surface area contributed by atoms with Crippen molar-refractivity contribution in [2.24, 2.45) is 0 Å². The minimum absolute atomic E-state index is 0.389. The second-order valence-corrected chi connectivity index (χ2v) is 5.35. The van der Waals surface area contributed by atoms with Crippen LogP contribution in [0.2, 0.25) is 0 Å². The normalized spacial score (nSPS) is 11.3. The number of pyridine rings is 1. The van der Waals surface area contributed by atoms with Crippen LogP contribution in [0.4, 0.5) is 14.5 Å². The maximum Gasteiger partial charge on any atom is 0.307 e. The molecule has 0 aliphatic heterocycles. The Bertz CT molecular complexity index is 655. The molecule has 0 amide bonds. The largest absolute Gasteiger partial charge is 0.307 e. The van der Waals surface area contributed by atoms with Gasteiger partial charge >= 0.3 is 5.69 Å². The second kappa shape index (κ2) is 4.79. The summed E-state index contributed by atoms with van der Waals surface area (Å²) in [5.74, 6) is 0. The molecule has 0 fully saturated rings. The van der Waals surface area contributed by atoms with E-state index in [0.717, 1.165) is 0 Å². The molecular weight excluding hydrogens is 296 g/mol. The molecule has 7 nitrogen and oxygen atoms in total. The van der Waals surface area contributed by atoms with Gasteiger partial charge in [0.15, 0.2) is 10.6 Å². The van der Waals surface area contributed by atoms with Crippen LogP contribution in [0.15, 0.2) is 11.1 Å². The van der Waals surface area contributed by atoms with E-state index in [1.54, 1.807) is 0 Å². The Hall–Kier alpha value is -1.86. The van der Waals surface area contributed by atoms with Gasteiger partial charge in [-0.2, -0.15) is 5.26 Å². The van der Waals surface area contributed by atoms with Gasteiger partial charge in [0.2, 0.25) is 0 Å². The van der Waals surface area contributed by atoms with Gasteiger partial charge < -0.3 is 0 Å². The fourth-order valence-electron chi connectivity index (χ4n) is 1.18. The molecule has 1 aromatic rings. The van der Waals surface area contributed by atoms with Crippen molar-refractivity contribution in [3.63, 3.8) is 0 Å². The lowest BCUT2D eigenvalue weighted by Gasteiger charge is -2.07. The summed E-state index contributed by atoms with van der Waals surface area (Å²) >= 11 is 0. The molecular formula is C7H2ClF2N3O4S. The molecule has 0 radical (unpaired) electrons. The number of hydrogen-bond acceptors (Lipinski definition) is 6. The Kier molecular flexibility index (Phi) is 3.78. The standard InChI is InChI=1S/C7H2ClF2N3O4S/c8-18(16,17)6-4(13(14)15)2-12-3(1-11)5(6)7(9)10/h2,7H. The molecule has 0 unspecified atom stereocenters. The van der Waals surface area contributed by atoms with Gasteiger partial charge in [-0.05, 0) is 0 Å². The number of halogens is 3. The molecule has 1 heterocycles. The smallest absolute Gasteiger partial charge is 0.258 e. The molecule has 18 heavy (non-hydrogen) atoms. The number of nitriles is 1. The summed E-state index contributed by atoms with van der Waals surface area (Å²) in [7, 11) is 0.0559. The van der Waals surface area contributed by atoms with E-state index in [1.165, 1.54) is 6.07 Å². The summed E-state index contributed by atoms with van der Waals surface area (Å²) in [4.78, 5) is 11.0. The van der Waals surface area contributed by atoms with Gasteiger partial charge in [-0.1, -0.05) is 0 Å². The molecule has 0 bridgehead atoms. The summed E-state index contributed by atoms with van der Waals surface area (Å²) in [5, 5.41) is 19.1. The molecule has 0 saturated heterocycles. The highest BCUT2D eigenvalue weighted by Crippen LogP contribution is 2.36. The summed E-state index contributed by atoms with van der Waals surface area (Å²) in [6, 6.07) is 1.22. The van der Waals surface area contributed by atoms with Gasteiger partial charge in [-0.15, -0.1) is 0 Å². The maximum atomic E-state index is 12.7. The van der Waals surface area contributed by atoms with E-state index >= 15 is 0 Å². The molecule has 0 aliphatic rings. The van der Waals surface area contributed by atoms with Crippen molar-refractivity contribution in [1.82, 2.24) is 4.98 Å². The summed E-state index contributed by atoms with van der Waals surface area (Å²) < 4.78 is 47.7. The minimum atomic E-state index is -4.83. The molecule has 0 saturated carbocycles. The molecule has 0 N–H and O–H groups in total. The number of nitro groups is 1. The van der Waals surface area contributed by atoms with Crippen LogP contribution in [-0.2, 0) is 9.05 Å². The van der Waals surface area contributed by atoms with Crippen LogP contribution in [0.25, 0.3) is 0 Å². The van der Waals surface area contributed by atoms with Crippen LogP contribution < -0.4 is 0 Å². The fraction of sp³-hybridized carbons (Fsp3) is 0.143. The van der Waals surface area contributed by atoms with Crippen LogP contribution >= 0.6 is 10.7 Å². The van der Waals surface area contributed by atoms with Gasteiger partial charge in [-0.25, -0.2) is 22.2 Å². The van der Waals surface area contributed by atoms with E-state index in [4.69, 9.17) is 15.9 Å². The van der Waals surface area contributed by atoms with Crippen LogP contribution in [0.3, 0.4) is 0 Å². The highest BCUT2D eigenvalue weighted by atomic mass is 35.7. The number of nitrogens with zero attached hydrogens (tertiary/aromatic N) is 3. The Balaban J connectivity index is 3.91. The van der Waals surface area contributed by atoms with Crippen molar-refractivity contribution in [3.8, 4) is 6.07 Å². The van der Waals surface area contributed by atoms with Gasteiger partial charge in [0.1, 0.15) is 12.3 Å². The predicted octanol–water partition coefficient (Wildman–Crippen LogP) is 1.73. The fourth-order valence-corrected chi connectivity index (χ4v) is 2.49. The topological polar surface area (TPSA) is 114 Å². The second-order valence-electron chi connectivity index (χ2n) is 2.84. The SMILES string of the molecule is N#Cc1ncc([N+](=O)[O-])c(S(=O)(=O)Cl)c1C(F)F. The van der Waals surface area contributed by atoms with Crippen molar-refractivity contribution in [2.45, 2.75) is 11.3 Å². The van der Waals surface area contributed by atoms with E-state index < -0.39 is 42.2 Å². The van der Waals surface area contributed by atoms with Gasteiger partial charge in [0, 0.05) is 10.7 Å². The quantitative estimate of drug-likeness (QED) is 0.477. The molecule has 11 heteroatoms. The first kappa shape index (κ1) is 14.2. The number of alkyl halides is 2. The molecule has 0 aromatic carbocycles. The lowest BCUT2D eigenvalue weighted by atomic mass is 10.2. The third kappa shape index (κ3) is 2.52. The first-order valence-corrected chi connectivity index (χ1v) is 6.31. The highest BCUT2D eigenvalue weighted by molar-refractivity contribution is 8.13.